The quantitative estimate of drug-likeness (QED) is 0.653. The molecule has 1 amide bonds. The minimum atomic E-state index is -0.701. The van der Waals surface area contributed by atoms with Gasteiger partial charge >= 0.3 is 6.09 Å². The van der Waals surface area contributed by atoms with Gasteiger partial charge in [-0.1, -0.05) is 0 Å². The summed E-state index contributed by atoms with van der Waals surface area (Å²) in [5.41, 5.74) is -0.509. The maximum absolute atomic E-state index is 11.9. The molecule has 1 saturated carbocycles. The number of carbonyl (C=O) groups excluding carboxylic acids is 1. The molecule has 1 aliphatic carbocycles. The first kappa shape index (κ1) is 12.6. The van der Waals surface area contributed by atoms with Crippen LogP contribution in [0.2, 0.25) is 0 Å². The molecular weight excluding hydrogens is 222 g/mol. The second-order valence-electron chi connectivity index (χ2n) is 6.12. The molecule has 0 aromatic heterocycles. The van der Waals surface area contributed by atoms with Crippen molar-refractivity contribution < 1.29 is 19.7 Å². The number of amides is 1. The number of aliphatic hydroxyl groups is 2. The van der Waals surface area contributed by atoms with E-state index in [1.165, 1.54) is 0 Å². The summed E-state index contributed by atoms with van der Waals surface area (Å²) >= 11 is 0. The number of ether oxygens (including phenoxy) is 1. The Labute approximate surface area is 101 Å². The fourth-order valence-electron chi connectivity index (χ4n) is 2.71. The molecule has 2 fully saturated rings. The Hall–Kier alpha value is -0.810. The van der Waals surface area contributed by atoms with Crippen molar-refractivity contribution in [2.24, 2.45) is 11.8 Å². The van der Waals surface area contributed by atoms with Gasteiger partial charge in [0.15, 0.2) is 0 Å². The van der Waals surface area contributed by atoms with Crippen molar-refractivity contribution in [3.63, 3.8) is 0 Å². The summed E-state index contributed by atoms with van der Waals surface area (Å²) in [5.74, 6) is -0.0347. The summed E-state index contributed by atoms with van der Waals surface area (Å²) in [6, 6.07) is 0. The van der Waals surface area contributed by atoms with Crippen LogP contribution in [0.5, 0.6) is 0 Å². The third-order valence-corrected chi connectivity index (χ3v) is 3.48. The number of likely N-dealkylation sites (tertiary alicyclic amines) is 1. The summed E-state index contributed by atoms with van der Waals surface area (Å²) in [5, 5.41) is 19.5. The molecule has 1 heterocycles. The number of piperidine rings is 1. The molecule has 0 aromatic rings. The molecule has 0 radical (unpaired) electrons. The number of nitrogens with zero attached hydrogens (tertiary/aromatic N) is 1. The topological polar surface area (TPSA) is 70.0 Å². The van der Waals surface area contributed by atoms with Crippen LogP contribution in [0.4, 0.5) is 4.79 Å². The molecule has 1 aliphatic heterocycles. The number of hydrogen-bond acceptors (Lipinski definition) is 4. The van der Waals surface area contributed by atoms with E-state index in [1.807, 2.05) is 20.8 Å². The number of rotatable bonds is 0. The van der Waals surface area contributed by atoms with Gasteiger partial charge in [-0.3, -0.25) is 0 Å². The van der Waals surface area contributed by atoms with Crippen molar-refractivity contribution in [2.75, 3.05) is 13.1 Å². The molecule has 1 saturated heterocycles. The molecule has 5 heteroatoms. The Kier molecular flexibility index (Phi) is 3.08. The Morgan fingerprint density at radius 1 is 1.18 bits per heavy atom. The second-order valence-corrected chi connectivity index (χ2v) is 6.12. The van der Waals surface area contributed by atoms with E-state index in [2.05, 4.69) is 0 Å². The van der Waals surface area contributed by atoms with Gasteiger partial charge in [-0.2, -0.15) is 0 Å². The van der Waals surface area contributed by atoms with Crippen molar-refractivity contribution in [3.05, 3.63) is 0 Å². The van der Waals surface area contributed by atoms with Crippen LogP contribution in [-0.4, -0.2) is 52.1 Å². The predicted octanol–water partition coefficient (Wildman–Crippen LogP) is 0.595. The highest BCUT2D eigenvalue weighted by Crippen LogP contribution is 2.37. The standard InChI is InChI=1S/C12H21NO4/c1-12(2,3)17-11(16)13-5-7-4-8(6-13)10(15)9(7)14/h7-10,14-15H,4-6H2,1-3H3/t7-,8+,9+,10-. The minimum Gasteiger partial charge on any atom is -0.444 e. The van der Waals surface area contributed by atoms with Crippen LogP contribution >= 0.6 is 0 Å². The molecule has 0 unspecified atom stereocenters. The average Bonchev–Trinajstić information content (AvgIpc) is 2.40. The lowest BCUT2D eigenvalue weighted by atomic mass is 9.98. The van der Waals surface area contributed by atoms with E-state index >= 15 is 0 Å². The fraction of sp³-hybridized carbons (Fsp3) is 0.917. The molecular formula is C12H21NO4. The first-order chi connectivity index (χ1) is 7.78. The first-order valence-electron chi connectivity index (χ1n) is 6.12. The van der Waals surface area contributed by atoms with E-state index in [1.54, 1.807) is 4.90 Å². The van der Waals surface area contributed by atoms with Gasteiger partial charge in [-0.15, -0.1) is 0 Å². The van der Waals surface area contributed by atoms with Gasteiger partial charge in [0.05, 0.1) is 12.2 Å². The summed E-state index contributed by atoms with van der Waals surface area (Å²) in [7, 11) is 0. The van der Waals surface area contributed by atoms with E-state index in [0.717, 1.165) is 6.42 Å². The highest BCUT2D eigenvalue weighted by atomic mass is 16.6. The van der Waals surface area contributed by atoms with E-state index in [-0.39, 0.29) is 17.9 Å². The highest BCUT2D eigenvalue weighted by molar-refractivity contribution is 5.68. The SMILES string of the molecule is CC(C)(C)OC(=O)N1C[C@@H]2C[C@H](C1)[C@H](O)[C@@H]2O. The maximum atomic E-state index is 11.9. The summed E-state index contributed by atoms with van der Waals surface area (Å²) in [6.07, 6.45) is -0.963. The Bertz CT molecular complexity index is 296. The van der Waals surface area contributed by atoms with Gasteiger partial charge in [0.1, 0.15) is 5.60 Å². The lowest BCUT2D eigenvalue weighted by molar-refractivity contribution is 0.0122. The smallest absolute Gasteiger partial charge is 0.410 e. The lowest BCUT2D eigenvalue weighted by Crippen LogP contribution is -2.44. The van der Waals surface area contributed by atoms with Gasteiger partial charge < -0.3 is 19.8 Å². The normalized spacial score (nSPS) is 37.1. The van der Waals surface area contributed by atoms with Crippen LogP contribution in [0.25, 0.3) is 0 Å². The minimum absolute atomic E-state index is 0.0173. The maximum Gasteiger partial charge on any atom is 0.410 e. The molecule has 2 bridgehead atoms. The molecule has 0 aromatic carbocycles. The molecule has 17 heavy (non-hydrogen) atoms. The average molecular weight is 243 g/mol. The Morgan fingerprint density at radius 2 is 1.65 bits per heavy atom. The molecule has 0 spiro atoms. The zero-order valence-corrected chi connectivity index (χ0v) is 10.6. The second kappa shape index (κ2) is 4.14. The van der Waals surface area contributed by atoms with Crippen molar-refractivity contribution >= 4 is 6.09 Å². The van der Waals surface area contributed by atoms with Crippen LogP contribution in [0.1, 0.15) is 27.2 Å². The highest BCUT2D eigenvalue weighted by Gasteiger charge is 2.47. The van der Waals surface area contributed by atoms with Gasteiger partial charge in [-0.05, 0) is 27.2 Å². The number of hydrogen-bond donors (Lipinski definition) is 2. The van der Waals surface area contributed by atoms with Gasteiger partial charge in [-0.25, -0.2) is 4.79 Å². The zero-order chi connectivity index (χ0) is 12.8. The monoisotopic (exact) mass is 243 g/mol. The fourth-order valence-corrected chi connectivity index (χ4v) is 2.71. The molecule has 2 N–H and O–H groups in total. The third kappa shape index (κ3) is 2.55. The number of fused-ring (bicyclic) bond motifs is 2. The predicted molar refractivity (Wildman–Crippen MR) is 61.4 cm³/mol. The Balaban J connectivity index is 1.99. The van der Waals surface area contributed by atoms with E-state index in [9.17, 15) is 15.0 Å². The summed E-state index contributed by atoms with van der Waals surface area (Å²) < 4.78 is 5.30. The molecule has 2 aliphatic rings. The van der Waals surface area contributed by atoms with Crippen LogP contribution < -0.4 is 0 Å². The van der Waals surface area contributed by atoms with Crippen LogP contribution in [0.3, 0.4) is 0 Å². The molecule has 4 atom stereocenters. The van der Waals surface area contributed by atoms with Crippen LogP contribution in [-0.2, 0) is 4.74 Å². The number of carbonyl (C=O) groups is 1. The van der Waals surface area contributed by atoms with Crippen molar-refractivity contribution in [3.8, 4) is 0 Å². The van der Waals surface area contributed by atoms with Crippen molar-refractivity contribution in [2.45, 2.75) is 45.0 Å². The van der Waals surface area contributed by atoms with Gasteiger partial charge in [0, 0.05) is 24.9 Å². The van der Waals surface area contributed by atoms with Gasteiger partial charge in [0.25, 0.3) is 0 Å². The summed E-state index contributed by atoms with van der Waals surface area (Å²) in [4.78, 5) is 13.5. The van der Waals surface area contributed by atoms with Gasteiger partial charge in [0.2, 0.25) is 0 Å². The van der Waals surface area contributed by atoms with Crippen molar-refractivity contribution in [1.29, 1.82) is 0 Å². The van der Waals surface area contributed by atoms with Crippen molar-refractivity contribution in [1.82, 2.24) is 4.90 Å². The Morgan fingerprint density at radius 3 is 2.06 bits per heavy atom. The molecule has 98 valence electrons. The number of aliphatic hydroxyl groups excluding tert-OH is 2. The first-order valence-corrected chi connectivity index (χ1v) is 6.12. The zero-order valence-electron chi connectivity index (χ0n) is 10.6. The van der Waals surface area contributed by atoms with Crippen LogP contribution in [0, 0.1) is 11.8 Å². The van der Waals surface area contributed by atoms with Crippen LogP contribution in [0.15, 0.2) is 0 Å². The molecule has 2 rings (SSSR count). The lowest BCUT2D eigenvalue weighted by Gasteiger charge is -2.33. The van der Waals surface area contributed by atoms with E-state index in [4.69, 9.17) is 4.74 Å². The largest absolute Gasteiger partial charge is 0.444 e. The third-order valence-electron chi connectivity index (χ3n) is 3.48. The molecule has 5 nitrogen and oxygen atoms in total. The summed E-state index contributed by atoms with van der Waals surface area (Å²) in [6.45, 7) is 6.43. The van der Waals surface area contributed by atoms with E-state index in [0.29, 0.717) is 13.1 Å². The van der Waals surface area contributed by atoms with E-state index < -0.39 is 17.8 Å².